The summed E-state index contributed by atoms with van der Waals surface area (Å²) in [7, 11) is 0. The Labute approximate surface area is 219 Å². The number of phenolic OH excluding ortho intramolecular Hbond substituents is 1. The van der Waals surface area contributed by atoms with Crippen LogP contribution in [-0.4, -0.2) is 51.2 Å². The van der Waals surface area contributed by atoms with Gasteiger partial charge in [0.15, 0.2) is 11.5 Å². The number of benzene rings is 1. The molecular formula is C29H42N2O6. The van der Waals surface area contributed by atoms with Crippen molar-refractivity contribution >= 4 is 0 Å². The van der Waals surface area contributed by atoms with Crippen LogP contribution in [0.25, 0.3) is 0 Å². The van der Waals surface area contributed by atoms with E-state index in [0.717, 1.165) is 54.0 Å². The van der Waals surface area contributed by atoms with E-state index >= 15 is 0 Å². The SMILES string of the molecule is CCCCc1oc(CCc2ccc(O)c(OCC(O)c3cc(C(C)CNCC(C)O)c[nH]3)c2)cc1CO. The van der Waals surface area contributed by atoms with Crippen LogP contribution in [0.1, 0.15) is 79.5 Å². The van der Waals surface area contributed by atoms with Crippen LogP contribution in [0.5, 0.6) is 11.5 Å². The molecule has 2 heterocycles. The Morgan fingerprint density at radius 1 is 1.05 bits per heavy atom. The molecule has 0 aliphatic rings. The molecule has 0 fully saturated rings. The summed E-state index contributed by atoms with van der Waals surface area (Å²) in [6.07, 6.45) is 4.87. The molecule has 0 aliphatic heterocycles. The van der Waals surface area contributed by atoms with E-state index in [1.807, 2.05) is 24.4 Å². The Balaban J connectivity index is 1.54. The first kappa shape index (κ1) is 28.8. The second-order valence-corrected chi connectivity index (χ2v) is 9.85. The van der Waals surface area contributed by atoms with Gasteiger partial charge in [-0.15, -0.1) is 0 Å². The van der Waals surface area contributed by atoms with Crippen LogP contribution in [0.15, 0.2) is 40.9 Å². The van der Waals surface area contributed by atoms with Crippen LogP contribution in [0.2, 0.25) is 0 Å². The van der Waals surface area contributed by atoms with Crippen LogP contribution in [0.4, 0.5) is 0 Å². The van der Waals surface area contributed by atoms with E-state index in [4.69, 9.17) is 9.15 Å². The number of aliphatic hydroxyl groups is 3. The topological polar surface area (TPSA) is 131 Å². The standard InChI is InChI=1S/C29H42N2O6/c1-4-5-6-28-23(17-32)12-24(37-28)9-7-21-8-10-26(34)29(11-21)36-18-27(35)25-13-22(16-31-25)19(2)14-30-15-20(3)33/h8,10-13,16,19-20,27,30-35H,4-7,9,14-15,17-18H2,1-3H3. The highest BCUT2D eigenvalue weighted by atomic mass is 16.5. The predicted octanol–water partition coefficient (Wildman–Crippen LogP) is 4.12. The summed E-state index contributed by atoms with van der Waals surface area (Å²) < 4.78 is 11.7. The second kappa shape index (κ2) is 14.2. The van der Waals surface area contributed by atoms with Crippen molar-refractivity contribution in [2.45, 2.75) is 77.6 Å². The molecule has 0 aliphatic carbocycles. The lowest BCUT2D eigenvalue weighted by atomic mass is 10.0. The number of aromatic hydroxyl groups is 1. The Hall–Kier alpha value is -2.78. The van der Waals surface area contributed by atoms with Gasteiger partial charge in [0.25, 0.3) is 0 Å². The molecule has 0 spiro atoms. The maximum Gasteiger partial charge on any atom is 0.161 e. The summed E-state index contributed by atoms with van der Waals surface area (Å²) in [5, 5.41) is 43.1. The highest BCUT2D eigenvalue weighted by Gasteiger charge is 2.16. The van der Waals surface area contributed by atoms with Crippen molar-refractivity contribution in [2.75, 3.05) is 19.7 Å². The van der Waals surface area contributed by atoms with Crippen LogP contribution < -0.4 is 10.1 Å². The van der Waals surface area contributed by atoms with Crippen molar-refractivity contribution in [3.63, 3.8) is 0 Å². The summed E-state index contributed by atoms with van der Waals surface area (Å²) in [4.78, 5) is 3.11. The van der Waals surface area contributed by atoms with Crippen LogP contribution in [-0.2, 0) is 25.9 Å². The monoisotopic (exact) mass is 514 g/mol. The third-order valence-electron chi connectivity index (χ3n) is 6.50. The van der Waals surface area contributed by atoms with Crippen LogP contribution in [0, 0.1) is 0 Å². The number of rotatable bonds is 16. The zero-order valence-corrected chi connectivity index (χ0v) is 22.2. The van der Waals surface area contributed by atoms with Gasteiger partial charge in [0.1, 0.15) is 24.2 Å². The highest BCUT2D eigenvalue weighted by molar-refractivity contribution is 5.42. The molecule has 0 saturated heterocycles. The van der Waals surface area contributed by atoms with Crippen molar-refractivity contribution in [3.05, 3.63) is 70.4 Å². The van der Waals surface area contributed by atoms with Crippen LogP contribution >= 0.6 is 0 Å². The van der Waals surface area contributed by atoms with E-state index in [1.54, 1.807) is 19.1 Å². The van der Waals surface area contributed by atoms with Crippen molar-refractivity contribution in [3.8, 4) is 11.5 Å². The molecule has 2 aromatic heterocycles. The largest absolute Gasteiger partial charge is 0.504 e. The molecular weight excluding hydrogens is 472 g/mol. The molecule has 0 radical (unpaired) electrons. The molecule has 1 aromatic carbocycles. The quantitative estimate of drug-likeness (QED) is 0.169. The van der Waals surface area contributed by atoms with Crippen molar-refractivity contribution < 1.29 is 29.6 Å². The number of unbranched alkanes of at least 4 members (excludes halogenated alkanes) is 1. The fourth-order valence-electron chi connectivity index (χ4n) is 4.22. The van der Waals surface area contributed by atoms with Gasteiger partial charge in [-0.3, -0.25) is 0 Å². The van der Waals surface area contributed by atoms with Gasteiger partial charge in [-0.2, -0.15) is 0 Å². The summed E-state index contributed by atoms with van der Waals surface area (Å²) in [5.41, 5.74) is 3.52. The second-order valence-electron chi connectivity index (χ2n) is 9.85. The predicted molar refractivity (Wildman–Crippen MR) is 143 cm³/mol. The third-order valence-corrected chi connectivity index (χ3v) is 6.50. The number of furan rings is 1. The van der Waals surface area contributed by atoms with E-state index in [2.05, 4.69) is 24.1 Å². The van der Waals surface area contributed by atoms with E-state index in [1.165, 1.54) is 0 Å². The number of ether oxygens (including phenoxy) is 1. The first-order valence-corrected chi connectivity index (χ1v) is 13.2. The summed E-state index contributed by atoms with van der Waals surface area (Å²) in [6, 6.07) is 9.06. The fourth-order valence-corrected chi connectivity index (χ4v) is 4.22. The molecule has 37 heavy (non-hydrogen) atoms. The number of aliphatic hydroxyl groups excluding tert-OH is 3. The molecule has 3 aromatic rings. The van der Waals surface area contributed by atoms with E-state index < -0.39 is 12.2 Å². The first-order chi connectivity index (χ1) is 17.8. The molecule has 3 atom stereocenters. The van der Waals surface area contributed by atoms with Gasteiger partial charge in [0, 0.05) is 43.4 Å². The lowest BCUT2D eigenvalue weighted by molar-refractivity contribution is 0.103. The molecule has 6 N–H and O–H groups in total. The Morgan fingerprint density at radius 3 is 2.59 bits per heavy atom. The number of hydrogen-bond acceptors (Lipinski definition) is 7. The molecule has 8 heteroatoms. The number of aromatic nitrogens is 1. The normalized spacial score (nSPS) is 14.0. The van der Waals surface area contributed by atoms with E-state index in [9.17, 15) is 20.4 Å². The molecule has 8 nitrogen and oxygen atoms in total. The minimum absolute atomic E-state index is 0.00947. The summed E-state index contributed by atoms with van der Waals surface area (Å²) >= 11 is 0. The zero-order valence-electron chi connectivity index (χ0n) is 22.2. The molecule has 204 valence electrons. The number of aryl methyl sites for hydroxylation is 3. The maximum atomic E-state index is 10.6. The van der Waals surface area contributed by atoms with Gasteiger partial charge in [-0.05, 0) is 61.1 Å². The number of H-pyrrole nitrogens is 1. The lowest BCUT2D eigenvalue weighted by Crippen LogP contribution is -2.27. The van der Waals surface area contributed by atoms with Crippen LogP contribution in [0.3, 0.4) is 0 Å². The minimum Gasteiger partial charge on any atom is -0.504 e. The molecule has 3 rings (SSSR count). The van der Waals surface area contributed by atoms with E-state index in [0.29, 0.717) is 30.8 Å². The molecule has 3 unspecified atom stereocenters. The number of aromatic amines is 1. The molecule has 0 amide bonds. The molecule has 0 bridgehead atoms. The molecule has 0 saturated carbocycles. The average Bonchev–Trinajstić information content (AvgIpc) is 3.53. The Morgan fingerprint density at radius 2 is 1.86 bits per heavy atom. The minimum atomic E-state index is -0.879. The van der Waals surface area contributed by atoms with Crippen molar-refractivity contribution in [2.24, 2.45) is 0 Å². The van der Waals surface area contributed by atoms with Gasteiger partial charge in [-0.25, -0.2) is 0 Å². The van der Waals surface area contributed by atoms with Gasteiger partial charge in [-0.1, -0.05) is 26.3 Å². The Bertz CT molecular complexity index is 1090. The maximum absolute atomic E-state index is 10.6. The third kappa shape index (κ3) is 8.64. The summed E-state index contributed by atoms with van der Waals surface area (Å²) in [6.45, 7) is 7.16. The Kier molecular flexibility index (Phi) is 11.1. The van der Waals surface area contributed by atoms with Gasteiger partial charge in [0.2, 0.25) is 0 Å². The number of hydrogen-bond donors (Lipinski definition) is 6. The fraction of sp³-hybridized carbons (Fsp3) is 0.517. The zero-order chi connectivity index (χ0) is 26.8. The van der Waals surface area contributed by atoms with Gasteiger partial charge >= 0.3 is 0 Å². The van der Waals surface area contributed by atoms with E-state index in [-0.39, 0.29) is 24.9 Å². The van der Waals surface area contributed by atoms with Gasteiger partial charge < -0.3 is 39.9 Å². The highest BCUT2D eigenvalue weighted by Crippen LogP contribution is 2.29. The smallest absolute Gasteiger partial charge is 0.161 e. The number of nitrogens with one attached hydrogen (secondary N) is 2. The van der Waals surface area contributed by atoms with Crippen molar-refractivity contribution in [1.82, 2.24) is 10.3 Å². The average molecular weight is 515 g/mol. The summed E-state index contributed by atoms with van der Waals surface area (Å²) in [5.74, 6) is 2.24. The van der Waals surface area contributed by atoms with Crippen molar-refractivity contribution in [1.29, 1.82) is 0 Å². The van der Waals surface area contributed by atoms with Gasteiger partial charge in [0.05, 0.1) is 12.7 Å². The lowest BCUT2D eigenvalue weighted by Gasteiger charge is -2.14. The number of phenols is 1. The first-order valence-electron chi connectivity index (χ1n) is 13.2.